The quantitative estimate of drug-likeness (QED) is 0.0618. The molecule has 4 aliphatic heterocycles. The van der Waals surface area contributed by atoms with E-state index in [1.165, 1.54) is 5.56 Å². The van der Waals surface area contributed by atoms with Gasteiger partial charge < -0.3 is 14.8 Å². The Morgan fingerprint density at radius 2 is 1.46 bits per heavy atom. The minimum Gasteiger partial charge on any atom is -0.369 e. The highest BCUT2D eigenvalue weighted by Gasteiger charge is 2.45. The van der Waals surface area contributed by atoms with Gasteiger partial charge in [0.2, 0.25) is 17.7 Å². The van der Waals surface area contributed by atoms with Crippen LogP contribution in [0.15, 0.2) is 83.8 Å². The number of carbonyl (C=O) groups is 5. The molecular formula is C55H67N9O7S. The van der Waals surface area contributed by atoms with Crippen molar-refractivity contribution in [2.45, 2.75) is 102 Å². The zero-order chi connectivity index (χ0) is 50.5. The molecule has 1 aromatic heterocycles. The number of unbranched alkanes of at least 4 members (excludes halogenated alkanes) is 4. The number of nitrogens with one attached hydrogen (secondary N) is 3. The molecule has 9 rings (SSSR count). The zero-order valence-electron chi connectivity index (χ0n) is 41.8. The van der Waals surface area contributed by atoms with Crippen LogP contribution in [0.1, 0.15) is 107 Å². The first-order valence-electron chi connectivity index (χ1n) is 25.7. The van der Waals surface area contributed by atoms with Gasteiger partial charge in [0.15, 0.2) is 0 Å². The lowest BCUT2D eigenvalue weighted by atomic mass is 9.96. The third-order valence-electron chi connectivity index (χ3n) is 14.8. The van der Waals surface area contributed by atoms with Gasteiger partial charge >= 0.3 is 0 Å². The van der Waals surface area contributed by atoms with Gasteiger partial charge in [0.25, 0.3) is 21.8 Å². The molecule has 5 amide bonds. The number of fused-ring (bicyclic) bond motifs is 2. The monoisotopic (exact) mass is 997 g/mol. The molecule has 4 aliphatic rings. The van der Waals surface area contributed by atoms with E-state index in [9.17, 15) is 32.4 Å². The predicted octanol–water partition coefficient (Wildman–Crippen LogP) is 6.36. The molecule has 1 unspecified atom stereocenters. The lowest BCUT2D eigenvalue weighted by Crippen LogP contribution is -2.54. The van der Waals surface area contributed by atoms with Crippen molar-refractivity contribution in [2.24, 2.45) is 5.92 Å². The van der Waals surface area contributed by atoms with Crippen molar-refractivity contribution >= 4 is 62.0 Å². The van der Waals surface area contributed by atoms with Crippen LogP contribution in [0.5, 0.6) is 0 Å². The topological polar surface area (TPSA) is 186 Å². The van der Waals surface area contributed by atoms with E-state index in [0.717, 1.165) is 130 Å². The molecule has 5 heterocycles. The van der Waals surface area contributed by atoms with Gasteiger partial charge in [-0.25, -0.2) is 13.4 Å². The molecule has 3 fully saturated rings. The Kier molecular flexibility index (Phi) is 15.5. The van der Waals surface area contributed by atoms with Crippen LogP contribution < -0.4 is 20.3 Å². The standard InChI is InChI=1S/C55H67N9O7S/c1-37-30-38(2)52(39(3)31-37)72(70,71)59-42-15-18-47-46(32-42)57-49(63(47)35-40-12-8-7-9-13-40)14-10-5-4-6-11-23-56-51(66)36-60-24-21-41(22-25-60)34-61-26-28-62(29-27-61)43-16-17-44-45(33-43)55(69)64(54(44)68)48-19-20-50(65)58-53(48)67/h7-9,12-13,15-18,30-33,41,48,59H,4-6,10-11,14,19-29,34-36H2,1-3H3,(H,56,66)(H,58,65,67). The van der Waals surface area contributed by atoms with Crippen molar-refractivity contribution in [2.75, 3.05) is 68.5 Å². The summed E-state index contributed by atoms with van der Waals surface area (Å²) < 4.78 is 32.2. The lowest BCUT2D eigenvalue weighted by molar-refractivity contribution is -0.136. The number of likely N-dealkylation sites (tertiary alicyclic amines) is 1. The van der Waals surface area contributed by atoms with E-state index >= 15 is 0 Å². The van der Waals surface area contributed by atoms with Crippen molar-refractivity contribution < 1.29 is 32.4 Å². The Labute approximate surface area is 422 Å². The molecular weight excluding hydrogens is 931 g/mol. The highest BCUT2D eigenvalue weighted by atomic mass is 32.2. The van der Waals surface area contributed by atoms with E-state index in [0.29, 0.717) is 58.4 Å². The van der Waals surface area contributed by atoms with Crippen molar-refractivity contribution in [3.8, 4) is 0 Å². The number of aryl methyl sites for hydroxylation is 4. The smallest absolute Gasteiger partial charge is 0.262 e. The van der Waals surface area contributed by atoms with E-state index in [1.54, 1.807) is 12.1 Å². The van der Waals surface area contributed by atoms with Gasteiger partial charge in [0.05, 0.1) is 39.3 Å². The van der Waals surface area contributed by atoms with Crippen LogP contribution >= 0.6 is 0 Å². The Morgan fingerprint density at radius 1 is 0.750 bits per heavy atom. The number of aromatic nitrogens is 2. The van der Waals surface area contributed by atoms with Crippen molar-refractivity contribution in [3.05, 3.63) is 118 Å². The molecule has 5 aromatic rings. The molecule has 380 valence electrons. The number of imide groups is 2. The molecule has 0 spiro atoms. The third kappa shape index (κ3) is 11.6. The van der Waals surface area contributed by atoms with Crippen LogP contribution in [-0.4, -0.2) is 127 Å². The first kappa shape index (κ1) is 50.5. The fourth-order valence-electron chi connectivity index (χ4n) is 11.1. The van der Waals surface area contributed by atoms with E-state index in [-0.39, 0.29) is 18.7 Å². The molecule has 3 N–H and O–H groups in total. The number of sulfonamides is 1. The van der Waals surface area contributed by atoms with Crippen LogP contribution in [0.25, 0.3) is 11.0 Å². The fourth-order valence-corrected chi connectivity index (χ4v) is 12.6. The van der Waals surface area contributed by atoms with Gasteiger partial charge in [0.1, 0.15) is 11.9 Å². The molecule has 16 nitrogen and oxygen atoms in total. The molecule has 0 saturated carbocycles. The van der Waals surface area contributed by atoms with Crippen LogP contribution in [-0.2, 0) is 37.4 Å². The summed E-state index contributed by atoms with van der Waals surface area (Å²) in [7, 11) is -3.81. The molecule has 0 aliphatic carbocycles. The number of benzene rings is 4. The maximum Gasteiger partial charge on any atom is 0.262 e. The highest BCUT2D eigenvalue weighted by molar-refractivity contribution is 7.92. The zero-order valence-corrected chi connectivity index (χ0v) is 42.6. The summed E-state index contributed by atoms with van der Waals surface area (Å²) in [5.74, 6) is -0.356. The summed E-state index contributed by atoms with van der Waals surface area (Å²) in [6, 6.07) is 24.0. The summed E-state index contributed by atoms with van der Waals surface area (Å²) >= 11 is 0. The number of amides is 5. The molecule has 1 atom stereocenters. The van der Waals surface area contributed by atoms with Crippen LogP contribution in [0.3, 0.4) is 0 Å². The number of anilines is 2. The van der Waals surface area contributed by atoms with Crippen LogP contribution in [0.2, 0.25) is 0 Å². The van der Waals surface area contributed by atoms with Crippen molar-refractivity contribution in [1.82, 2.24) is 34.9 Å². The summed E-state index contributed by atoms with van der Waals surface area (Å²) in [6.07, 6.45) is 8.17. The Morgan fingerprint density at radius 3 is 2.19 bits per heavy atom. The van der Waals surface area contributed by atoms with Gasteiger partial charge in [-0.2, -0.15) is 0 Å². The number of imidazole rings is 1. The molecule has 0 radical (unpaired) electrons. The van der Waals surface area contributed by atoms with E-state index in [4.69, 9.17) is 4.98 Å². The third-order valence-corrected chi connectivity index (χ3v) is 16.5. The number of rotatable bonds is 19. The number of piperazine rings is 1. The SMILES string of the molecule is Cc1cc(C)c(S(=O)(=O)Nc2ccc3c(c2)nc(CCCCCCCNC(=O)CN2CCC(CN4CCN(c5ccc6c(c5)C(=O)N(C5CCC(=O)NC5=O)C6=O)CC4)CC2)n3Cc2ccccc2)c(C)c1. The average molecular weight is 998 g/mol. The van der Waals surface area contributed by atoms with Gasteiger partial charge in [-0.1, -0.05) is 67.3 Å². The second kappa shape index (κ2) is 22.1. The largest absolute Gasteiger partial charge is 0.369 e. The predicted molar refractivity (Wildman–Crippen MR) is 277 cm³/mol. The van der Waals surface area contributed by atoms with Gasteiger partial charge in [-0.15, -0.1) is 0 Å². The maximum atomic E-state index is 13.6. The second-order valence-electron chi connectivity index (χ2n) is 20.2. The summed E-state index contributed by atoms with van der Waals surface area (Å²) in [5.41, 5.74) is 7.30. The first-order chi connectivity index (χ1) is 34.7. The first-order valence-corrected chi connectivity index (χ1v) is 27.1. The molecule has 3 saturated heterocycles. The average Bonchev–Trinajstić information content (AvgIpc) is 3.81. The van der Waals surface area contributed by atoms with Crippen LogP contribution in [0.4, 0.5) is 11.4 Å². The highest BCUT2D eigenvalue weighted by Crippen LogP contribution is 2.32. The van der Waals surface area contributed by atoms with Crippen molar-refractivity contribution in [1.29, 1.82) is 0 Å². The Bertz CT molecular complexity index is 2940. The Hall–Kier alpha value is -6.43. The van der Waals surface area contributed by atoms with E-state index < -0.39 is 39.7 Å². The van der Waals surface area contributed by atoms with Gasteiger partial charge in [0, 0.05) is 64.3 Å². The summed E-state index contributed by atoms with van der Waals surface area (Å²) in [4.78, 5) is 76.9. The van der Waals surface area contributed by atoms with E-state index in [1.807, 2.05) is 75.4 Å². The van der Waals surface area contributed by atoms with Crippen molar-refractivity contribution in [3.63, 3.8) is 0 Å². The number of carbonyl (C=O) groups excluding carboxylic acids is 5. The molecule has 72 heavy (non-hydrogen) atoms. The normalized spacial score (nSPS) is 18.2. The second-order valence-corrected chi connectivity index (χ2v) is 21.8. The lowest BCUT2D eigenvalue weighted by Gasteiger charge is -2.39. The minimum absolute atomic E-state index is 0.0829. The Balaban J connectivity index is 0.664. The number of hydrogen-bond acceptors (Lipinski definition) is 11. The van der Waals surface area contributed by atoms with E-state index in [2.05, 4.69) is 46.8 Å². The van der Waals surface area contributed by atoms with Gasteiger partial charge in [-0.05, 0) is 125 Å². The van der Waals surface area contributed by atoms with Gasteiger partial charge in [-0.3, -0.25) is 48.7 Å². The minimum atomic E-state index is -3.81. The maximum absolute atomic E-state index is 13.6. The number of nitrogens with zero attached hydrogens (tertiary/aromatic N) is 6. The number of hydrogen-bond donors (Lipinski definition) is 3. The molecule has 4 aromatic carbocycles. The number of piperidine rings is 2. The summed E-state index contributed by atoms with van der Waals surface area (Å²) in [6.45, 7) is 13.6. The van der Waals surface area contributed by atoms with Crippen LogP contribution in [0, 0.1) is 26.7 Å². The summed E-state index contributed by atoms with van der Waals surface area (Å²) in [5, 5.41) is 5.39. The molecule has 0 bridgehead atoms. The molecule has 17 heteroatoms. The fraction of sp³-hybridized carbons (Fsp3) is 0.455.